The second-order valence-corrected chi connectivity index (χ2v) is 16.0. The molecule has 0 spiro atoms. The Kier molecular flexibility index (Phi) is 8.64. The van der Waals surface area contributed by atoms with Crippen molar-refractivity contribution >= 4 is 21.8 Å². The van der Waals surface area contributed by atoms with E-state index in [9.17, 15) is 0 Å². The Labute approximate surface area is 365 Å². The van der Waals surface area contributed by atoms with E-state index in [-0.39, 0.29) is 0 Å². The van der Waals surface area contributed by atoms with E-state index >= 15 is 0 Å². The topological polar surface area (TPSA) is 64.5 Å². The molecule has 0 saturated carbocycles. The van der Waals surface area contributed by atoms with Crippen LogP contribution in [0.15, 0.2) is 225 Å². The molecule has 0 bridgehead atoms. The monoisotopic (exact) mass is 803 g/mol. The van der Waals surface area contributed by atoms with Gasteiger partial charge in [-0.05, 0) is 92.0 Å². The quantitative estimate of drug-likeness (QED) is 0.150. The van der Waals surface area contributed by atoms with Crippen molar-refractivity contribution in [2.75, 3.05) is 0 Å². The third kappa shape index (κ3) is 5.97. The van der Waals surface area contributed by atoms with Crippen molar-refractivity contribution in [2.24, 2.45) is 0 Å². The summed E-state index contributed by atoms with van der Waals surface area (Å²) >= 11 is 0. The molecule has 5 heteroatoms. The SMILES string of the molecule is c1ccc(-c2nc(-c3ccccc3)nc(-c3cc(-c4cccc5c4-c4ccccc4C5(c4ccccc4)c4ccccc4)cc(-c4cc5cccnc5c5ncccc45)c3)n2)cc1. The number of pyridine rings is 2. The van der Waals surface area contributed by atoms with E-state index in [1.807, 2.05) is 60.9 Å². The van der Waals surface area contributed by atoms with E-state index < -0.39 is 5.41 Å². The van der Waals surface area contributed by atoms with Crippen LogP contribution in [0.25, 0.3) is 89.4 Å². The molecule has 0 N–H and O–H groups in total. The van der Waals surface area contributed by atoms with Crippen LogP contribution in [0.4, 0.5) is 0 Å². The smallest absolute Gasteiger partial charge is 0.164 e. The van der Waals surface area contributed by atoms with Gasteiger partial charge in [0.1, 0.15) is 0 Å². The summed E-state index contributed by atoms with van der Waals surface area (Å²) in [5, 5.41) is 2.04. The lowest BCUT2D eigenvalue weighted by atomic mass is 9.67. The van der Waals surface area contributed by atoms with Gasteiger partial charge in [-0.3, -0.25) is 9.97 Å². The first-order valence-electron chi connectivity index (χ1n) is 21.2. The van der Waals surface area contributed by atoms with E-state index in [1.54, 1.807) is 0 Å². The predicted octanol–water partition coefficient (Wildman–Crippen LogP) is 13.7. The van der Waals surface area contributed by atoms with Gasteiger partial charge in [0.05, 0.1) is 16.4 Å². The van der Waals surface area contributed by atoms with Crippen LogP contribution >= 0.6 is 0 Å². The molecule has 8 aromatic carbocycles. The average Bonchev–Trinajstić information content (AvgIpc) is 3.68. The van der Waals surface area contributed by atoms with Gasteiger partial charge in [-0.2, -0.15) is 0 Å². The number of benzene rings is 8. The van der Waals surface area contributed by atoms with Gasteiger partial charge in [0.15, 0.2) is 17.5 Å². The van der Waals surface area contributed by atoms with Crippen LogP contribution < -0.4 is 0 Å². The summed E-state index contributed by atoms with van der Waals surface area (Å²) in [5.74, 6) is 1.82. The summed E-state index contributed by atoms with van der Waals surface area (Å²) < 4.78 is 0. The Morgan fingerprint density at radius 3 is 1.46 bits per heavy atom. The second-order valence-electron chi connectivity index (χ2n) is 16.0. The van der Waals surface area contributed by atoms with Crippen LogP contribution in [0.1, 0.15) is 22.3 Å². The molecule has 12 rings (SSSR count). The van der Waals surface area contributed by atoms with Crippen molar-refractivity contribution < 1.29 is 0 Å². The molecule has 11 aromatic rings. The van der Waals surface area contributed by atoms with Crippen LogP contribution in [-0.2, 0) is 5.41 Å². The van der Waals surface area contributed by atoms with E-state index in [1.165, 1.54) is 33.4 Å². The van der Waals surface area contributed by atoms with E-state index in [4.69, 9.17) is 24.9 Å². The molecule has 0 amide bonds. The Hall–Kier alpha value is -8.41. The third-order valence-corrected chi connectivity index (χ3v) is 12.5. The van der Waals surface area contributed by atoms with Gasteiger partial charge in [0.2, 0.25) is 0 Å². The van der Waals surface area contributed by atoms with Gasteiger partial charge in [-0.15, -0.1) is 0 Å². The second kappa shape index (κ2) is 14.9. The van der Waals surface area contributed by atoms with Crippen molar-refractivity contribution in [1.29, 1.82) is 0 Å². The Morgan fingerprint density at radius 2 is 0.810 bits per heavy atom. The lowest BCUT2D eigenvalue weighted by Crippen LogP contribution is -2.28. The summed E-state index contributed by atoms with van der Waals surface area (Å²) in [6, 6.07) is 75.3. The number of fused-ring (bicyclic) bond motifs is 6. The fraction of sp³-hybridized carbons (Fsp3) is 0.0172. The minimum Gasteiger partial charge on any atom is -0.254 e. The van der Waals surface area contributed by atoms with E-state index in [0.29, 0.717) is 17.5 Å². The summed E-state index contributed by atoms with van der Waals surface area (Å²) in [4.78, 5) is 25.2. The lowest BCUT2D eigenvalue weighted by Gasteiger charge is -2.34. The van der Waals surface area contributed by atoms with Crippen molar-refractivity contribution in [2.45, 2.75) is 5.41 Å². The molecule has 0 aliphatic heterocycles. The third-order valence-electron chi connectivity index (χ3n) is 12.5. The minimum atomic E-state index is -0.540. The number of hydrogen-bond acceptors (Lipinski definition) is 5. The van der Waals surface area contributed by atoms with E-state index in [2.05, 4.69) is 164 Å². The molecule has 0 unspecified atom stereocenters. The summed E-state index contributed by atoms with van der Waals surface area (Å²) in [7, 11) is 0. The lowest BCUT2D eigenvalue weighted by molar-refractivity contribution is 0.768. The first kappa shape index (κ1) is 36.4. The van der Waals surface area contributed by atoms with Crippen LogP contribution in [-0.4, -0.2) is 24.9 Å². The zero-order valence-corrected chi connectivity index (χ0v) is 34.1. The number of nitrogens with zero attached hydrogens (tertiary/aromatic N) is 5. The summed E-state index contributed by atoms with van der Waals surface area (Å²) in [6.07, 6.45) is 3.68. The highest BCUT2D eigenvalue weighted by atomic mass is 15.0. The van der Waals surface area contributed by atoms with Gasteiger partial charge in [-0.1, -0.05) is 176 Å². The van der Waals surface area contributed by atoms with Gasteiger partial charge in [0.25, 0.3) is 0 Å². The Bertz CT molecular complexity index is 3400. The highest BCUT2D eigenvalue weighted by Crippen LogP contribution is 2.58. The molecule has 1 aliphatic rings. The Balaban J connectivity index is 1.17. The maximum Gasteiger partial charge on any atom is 0.164 e. The maximum atomic E-state index is 5.25. The van der Waals surface area contributed by atoms with Crippen LogP contribution in [0.3, 0.4) is 0 Å². The molecular weight excluding hydrogens is 767 g/mol. The van der Waals surface area contributed by atoms with Crippen LogP contribution in [0.5, 0.6) is 0 Å². The van der Waals surface area contributed by atoms with Crippen molar-refractivity contribution in [3.63, 3.8) is 0 Å². The fourth-order valence-electron chi connectivity index (χ4n) is 9.75. The molecular formula is C58H37N5. The molecule has 1 aliphatic carbocycles. The number of aromatic nitrogens is 5. The highest BCUT2D eigenvalue weighted by molar-refractivity contribution is 6.10. The van der Waals surface area contributed by atoms with Gasteiger partial charge < -0.3 is 0 Å². The minimum absolute atomic E-state index is 0.540. The fourth-order valence-corrected chi connectivity index (χ4v) is 9.75. The number of hydrogen-bond donors (Lipinski definition) is 0. The summed E-state index contributed by atoms with van der Waals surface area (Å²) in [5.41, 5.74) is 15.6. The Morgan fingerprint density at radius 1 is 0.317 bits per heavy atom. The first-order chi connectivity index (χ1) is 31.2. The molecule has 0 atom stereocenters. The van der Waals surface area contributed by atoms with Gasteiger partial charge in [0, 0.05) is 39.9 Å². The molecule has 5 nitrogen and oxygen atoms in total. The summed E-state index contributed by atoms with van der Waals surface area (Å²) in [6.45, 7) is 0. The largest absolute Gasteiger partial charge is 0.254 e. The predicted molar refractivity (Wildman–Crippen MR) is 255 cm³/mol. The van der Waals surface area contributed by atoms with Crippen LogP contribution in [0, 0.1) is 0 Å². The number of rotatable bonds is 7. The zero-order chi connectivity index (χ0) is 41.7. The molecule has 3 aromatic heterocycles. The average molecular weight is 804 g/mol. The standard InChI is InChI=1S/C58H37N5/c1-5-18-38(19-6-1)55-61-56(39-20-7-2-8-21-39)63-57(62-55)43-35-41(34-42(36-43)49-37-40-22-16-32-59-53(40)54-47(49)29-17-33-60-54)46-28-15-31-51-52(46)48-27-13-14-30-50(48)58(51,44-23-9-3-10-24-44)45-25-11-4-12-26-45/h1-37H. The molecule has 0 saturated heterocycles. The zero-order valence-electron chi connectivity index (χ0n) is 34.1. The molecule has 63 heavy (non-hydrogen) atoms. The molecule has 0 radical (unpaired) electrons. The van der Waals surface area contributed by atoms with Crippen LogP contribution in [0.2, 0.25) is 0 Å². The molecule has 3 heterocycles. The first-order valence-corrected chi connectivity index (χ1v) is 21.2. The molecule has 0 fully saturated rings. The van der Waals surface area contributed by atoms with Crippen molar-refractivity contribution in [3.8, 4) is 67.5 Å². The molecule has 294 valence electrons. The maximum absolute atomic E-state index is 5.25. The van der Waals surface area contributed by atoms with Crippen molar-refractivity contribution in [3.05, 3.63) is 247 Å². The van der Waals surface area contributed by atoms with E-state index in [0.717, 1.165) is 60.8 Å². The normalized spacial score (nSPS) is 12.6. The highest BCUT2D eigenvalue weighted by Gasteiger charge is 2.46. The van der Waals surface area contributed by atoms with Gasteiger partial charge in [-0.25, -0.2) is 15.0 Å². The van der Waals surface area contributed by atoms with Gasteiger partial charge >= 0.3 is 0 Å². The van der Waals surface area contributed by atoms with Crippen molar-refractivity contribution in [1.82, 2.24) is 24.9 Å².